The lowest BCUT2D eigenvalue weighted by atomic mass is 9.99. The number of aryl methyl sites for hydroxylation is 1. The van der Waals surface area contributed by atoms with Crippen LogP contribution < -0.4 is 9.80 Å². The topological polar surface area (TPSA) is 86.6 Å². The molecule has 3 rings (SSSR count). The van der Waals surface area contributed by atoms with Crippen molar-refractivity contribution >= 4 is 21.5 Å². The fraction of sp³-hybridized carbons (Fsp3) is 0.524. The molecule has 0 spiro atoms. The Morgan fingerprint density at radius 3 is 2.42 bits per heavy atom. The zero-order chi connectivity index (χ0) is 24.8. The van der Waals surface area contributed by atoms with E-state index in [1.807, 2.05) is 0 Å². The van der Waals surface area contributed by atoms with Crippen molar-refractivity contribution in [3.8, 4) is 0 Å². The molecule has 33 heavy (non-hydrogen) atoms. The Morgan fingerprint density at radius 1 is 1.21 bits per heavy atom. The minimum Gasteiger partial charge on any atom is -0.386 e. The van der Waals surface area contributed by atoms with E-state index in [4.69, 9.17) is 0 Å². The minimum absolute atomic E-state index is 0.0933. The van der Waals surface area contributed by atoms with Crippen LogP contribution in [0.4, 0.5) is 29.2 Å². The van der Waals surface area contributed by atoms with E-state index in [0.29, 0.717) is 16.9 Å². The number of halogens is 4. The third-order valence-electron chi connectivity index (χ3n) is 5.51. The largest absolute Gasteiger partial charge is 0.391 e. The molecule has 1 N–H and O–H groups in total. The number of anilines is 2. The summed E-state index contributed by atoms with van der Waals surface area (Å²) in [5.74, 6) is -0.798. The van der Waals surface area contributed by atoms with E-state index in [0.717, 1.165) is 18.4 Å². The maximum atomic E-state index is 14.0. The van der Waals surface area contributed by atoms with Crippen molar-refractivity contribution in [3.05, 3.63) is 41.5 Å². The maximum Gasteiger partial charge on any atom is 0.391 e. The Balaban J connectivity index is 1.94. The lowest BCUT2D eigenvalue weighted by Crippen LogP contribution is -2.55. The molecule has 12 heteroatoms. The van der Waals surface area contributed by atoms with Crippen LogP contribution in [0.5, 0.6) is 0 Å². The molecule has 0 radical (unpaired) electrons. The van der Waals surface area contributed by atoms with Crippen LogP contribution in [0, 0.1) is 12.7 Å². The van der Waals surface area contributed by atoms with Crippen molar-refractivity contribution in [2.45, 2.75) is 49.9 Å². The first-order valence-electron chi connectivity index (χ1n) is 10.2. The van der Waals surface area contributed by atoms with Crippen LogP contribution in [0.15, 0.2) is 29.3 Å². The molecular weight excluding hydrogens is 464 g/mol. The van der Waals surface area contributed by atoms with Crippen molar-refractivity contribution in [2.75, 3.05) is 35.7 Å². The van der Waals surface area contributed by atoms with E-state index >= 15 is 0 Å². The molecule has 1 unspecified atom stereocenters. The molecule has 0 saturated carbocycles. The highest BCUT2D eigenvalue weighted by atomic mass is 32.2. The quantitative estimate of drug-likeness (QED) is 0.644. The number of aromatic nitrogens is 2. The second kappa shape index (κ2) is 8.71. The molecule has 1 atom stereocenters. The summed E-state index contributed by atoms with van der Waals surface area (Å²) in [7, 11) is -3.84. The van der Waals surface area contributed by atoms with E-state index in [2.05, 4.69) is 9.97 Å². The standard InChI is InChI=1S/C21H26F4N4O3S/c1-13-16(20(2,3)30)11-26-19(27-13)29-8-7-28(12-15(29)10-21(23,24)25)14-5-6-17(22)18(9-14)33(4,31)32/h5-6,9,11,15,30H,7-8,10,12H2,1-4H3. The van der Waals surface area contributed by atoms with Gasteiger partial charge in [0.05, 0.1) is 18.1 Å². The number of nitrogens with zero attached hydrogens (tertiary/aromatic N) is 4. The highest BCUT2D eigenvalue weighted by Gasteiger charge is 2.39. The molecule has 1 aliphatic heterocycles. The highest BCUT2D eigenvalue weighted by molar-refractivity contribution is 7.90. The fourth-order valence-corrected chi connectivity index (χ4v) is 4.72. The van der Waals surface area contributed by atoms with Crippen molar-refractivity contribution in [1.82, 2.24) is 9.97 Å². The number of aliphatic hydroxyl groups is 1. The molecule has 1 saturated heterocycles. The molecule has 182 valence electrons. The summed E-state index contributed by atoms with van der Waals surface area (Å²) in [5.41, 5.74) is 0.0408. The summed E-state index contributed by atoms with van der Waals surface area (Å²) in [6, 6.07) is 2.43. The molecule has 1 fully saturated rings. The summed E-state index contributed by atoms with van der Waals surface area (Å²) in [6.07, 6.45) is -3.32. The van der Waals surface area contributed by atoms with Gasteiger partial charge < -0.3 is 14.9 Å². The smallest absolute Gasteiger partial charge is 0.386 e. The van der Waals surface area contributed by atoms with Gasteiger partial charge in [0.25, 0.3) is 0 Å². The summed E-state index contributed by atoms with van der Waals surface area (Å²) >= 11 is 0. The van der Waals surface area contributed by atoms with Crippen molar-refractivity contribution in [1.29, 1.82) is 0 Å². The highest BCUT2D eigenvalue weighted by Crippen LogP contribution is 2.32. The number of benzene rings is 1. The average Bonchev–Trinajstić information content (AvgIpc) is 2.65. The van der Waals surface area contributed by atoms with E-state index < -0.39 is 44.8 Å². The molecule has 2 heterocycles. The van der Waals surface area contributed by atoms with Crippen LogP contribution in [0.2, 0.25) is 0 Å². The SMILES string of the molecule is Cc1nc(N2CCN(c3ccc(F)c(S(C)(=O)=O)c3)CC2CC(F)(F)F)ncc1C(C)(C)O. The van der Waals surface area contributed by atoms with Gasteiger partial charge in [0.2, 0.25) is 5.95 Å². The van der Waals surface area contributed by atoms with Gasteiger partial charge in [0.15, 0.2) is 9.84 Å². The number of alkyl halides is 3. The summed E-state index contributed by atoms with van der Waals surface area (Å²) in [6.45, 7) is 5.07. The third kappa shape index (κ3) is 5.91. The van der Waals surface area contributed by atoms with Crippen molar-refractivity contribution < 1.29 is 31.1 Å². The zero-order valence-corrected chi connectivity index (χ0v) is 19.5. The van der Waals surface area contributed by atoms with E-state index in [1.54, 1.807) is 25.7 Å². The Hall–Kier alpha value is -2.47. The lowest BCUT2D eigenvalue weighted by molar-refractivity contribution is -0.138. The molecule has 1 aliphatic rings. The maximum absolute atomic E-state index is 14.0. The Labute approximate surface area is 190 Å². The molecule has 0 amide bonds. The van der Waals surface area contributed by atoms with Crippen LogP contribution in [0.25, 0.3) is 0 Å². The second-order valence-electron chi connectivity index (χ2n) is 8.73. The number of hydrogen-bond donors (Lipinski definition) is 1. The Bertz CT molecular complexity index is 1130. The molecule has 0 bridgehead atoms. The zero-order valence-electron chi connectivity index (χ0n) is 18.7. The van der Waals surface area contributed by atoms with Crippen LogP contribution in [-0.4, -0.2) is 61.6 Å². The Morgan fingerprint density at radius 2 is 1.88 bits per heavy atom. The first-order valence-corrected chi connectivity index (χ1v) is 12.1. The van der Waals surface area contributed by atoms with Crippen molar-refractivity contribution in [2.24, 2.45) is 0 Å². The van der Waals surface area contributed by atoms with Gasteiger partial charge in [-0.3, -0.25) is 0 Å². The van der Waals surface area contributed by atoms with Gasteiger partial charge in [-0.2, -0.15) is 13.2 Å². The Kier molecular flexibility index (Phi) is 6.64. The molecular formula is C21H26F4N4O3S. The second-order valence-corrected chi connectivity index (χ2v) is 10.7. The van der Waals surface area contributed by atoms with Crippen LogP contribution in [0.1, 0.15) is 31.5 Å². The van der Waals surface area contributed by atoms with E-state index in [-0.39, 0.29) is 25.6 Å². The van der Waals surface area contributed by atoms with Gasteiger partial charge in [-0.15, -0.1) is 0 Å². The molecule has 2 aromatic rings. The van der Waals surface area contributed by atoms with Gasteiger partial charge in [-0.1, -0.05) is 0 Å². The molecule has 1 aromatic carbocycles. The van der Waals surface area contributed by atoms with E-state index in [1.165, 1.54) is 17.2 Å². The fourth-order valence-electron chi connectivity index (χ4n) is 3.96. The molecule has 0 aliphatic carbocycles. The molecule has 1 aromatic heterocycles. The lowest BCUT2D eigenvalue weighted by Gasteiger charge is -2.43. The predicted octanol–water partition coefficient (Wildman–Crippen LogP) is 3.20. The molecule has 7 nitrogen and oxygen atoms in total. The van der Waals surface area contributed by atoms with Gasteiger partial charge >= 0.3 is 6.18 Å². The third-order valence-corrected chi connectivity index (χ3v) is 6.62. The van der Waals surface area contributed by atoms with Gasteiger partial charge in [-0.05, 0) is 39.0 Å². The first kappa shape index (κ1) is 25.2. The summed E-state index contributed by atoms with van der Waals surface area (Å²) in [5, 5.41) is 10.2. The monoisotopic (exact) mass is 490 g/mol. The summed E-state index contributed by atoms with van der Waals surface area (Å²) in [4.78, 5) is 11.1. The van der Waals surface area contributed by atoms with Crippen LogP contribution in [0.3, 0.4) is 0 Å². The average molecular weight is 491 g/mol. The number of sulfone groups is 1. The van der Waals surface area contributed by atoms with Gasteiger partial charge in [0.1, 0.15) is 10.7 Å². The van der Waals surface area contributed by atoms with Crippen molar-refractivity contribution in [3.63, 3.8) is 0 Å². The predicted molar refractivity (Wildman–Crippen MR) is 116 cm³/mol. The van der Waals surface area contributed by atoms with Crippen LogP contribution in [-0.2, 0) is 15.4 Å². The summed E-state index contributed by atoms with van der Waals surface area (Å²) < 4.78 is 77.8. The van der Waals surface area contributed by atoms with Crippen LogP contribution >= 0.6 is 0 Å². The van der Waals surface area contributed by atoms with Gasteiger partial charge in [0, 0.05) is 49.0 Å². The van der Waals surface area contributed by atoms with Gasteiger partial charge in [-0.25, -0.2) is 22.8 Å². The first-order chi connectivity index (χ1) is 15.1. The van der Waals surface area contributed by atoms with E-state index in [9.17, 15) is 31.1 Å². The number of hydrogen-bond acceptors (Lipinski definition) is 7. The number of piperazine rings is 1. The normalized spacial score (nSPS) is 18.0. The number of rotatable bonds is 5. The minimum atomic E-state index is -4.46.